The molecule has 1 N–H and O–H groups in total. The van der Waals surface area contributed by atoms with Crippen molar-refractivity contribution in [1.29, 1.82) is 0 Å². The van der Waals surface area contributed by atoms with E-state index in [1.807, 2.05) is 7.05 Å². The molecular formula is C13H25NO3. The molecule has 1 aliphatic rings. The van der Waals surface area contributed by atoms with E-state index in [1.165, 1.54) is 25.7 Å². The molecule has 0 heterocycles. The fourth-order valence-electron chi connectivity index (χ4n) is 2.66. The third-order valence-electron chi connectivity index (χ3n) is 3.59. The summed E-state index contributed by atoms with van der Waals surface area (Å²) in [5.74, 6) is 0. The van der Waals surface area contributed by atoms with Gasteiger partial charge in [-0.3, -0.25) is 0 Å². The van der Waals surface area contributed by atoms with Gasteiger partial charge >= 0.3 is 0 Å². The molecule has 0 aromatic carbocycles. The molecule has 0 bridgehead atoms. The van der Waals surface area contributed by atoms with Gasteiger partial charge in [0.25, 0.3) is 0 Å². The predicted octanol–water partition coefficient (Wildman–Crippen LogP) is 1.53. The highest BCUT2D eigenvalue weighted by Crippen LogP contribution is 2.33. The van der Waals surface area contributed by atoms with Crippen LogP contribution in [0.5, 0.6) is 0 Å². The number of ether oxygens (including phenoxy) is 2. The van der Waals surface area contributed by atoms with Gasteiger partial charge in [0.05, 0.1) is 19.3 Å². The van der Waals surface area contributed by atoms with Gasteiger partial charge in [-0.1, -0.05) is 12.8 Å². The van der Waals surface area contributed by atoms with E-state index in [9.17, 15) is 4.79 Å². The number of aldehydes is 1. The Kier molecular flexibility index (Phi) is 6.70. The summed E-state index contributed by atoms with van der Waals surface area (Å²) >= 11 is 0. The Morgan fingerprint density at radius 2 is 2.06 bits per heavy atom. The van der Waals surface area contributed by atoms with Gasteiger partial charge in [-0.2, -0.15) is 0 Å². The molecule has 100 valence electrons. The Bertz CT molecular complexity index is 215. The van der Waals surface area contributed by atoms with Gasteiger partial charge in [0.1, 0.15) is 12.9 Å². The Morgan fingerprint density at radius 3 is 2.65 bits per heavy atom. The van der Waals surface area contributed by atoms with E-state index < -0.39 is 0 Å². The van der Waals surface area contributed by atoms with Crippen LogP contribution in [0, 0.1) is 0 Å². The van der Waals surface area contributed by atoms with Crippen LogP contribution in [0.1, 0.15) is 39.0 Å². The molecule has 0 spiro atoms. The van der Waals surface area contributed by atoms with Crippen LogP contribution in [0.3, 0.4) is 0 Å². The summed E-state index contributed by atoms with van der Waals surface area (Å²) in [6, 6.07) is 0. The van der Waals surface area contributed by atoms with Crippen molar-refractivity contribution in [3.8, 4) is 0 Å². The van der Waals surface area contributed by atoms with Gasteiger partial charge in [-0.15, -0.1) is 0 Å². The first-order valence-electron chi connectivity index (χ1n) is 6.54. The molecular weight excluding hydrogens is 218 g/mol. The molecule has 0 aromatic rings. The molecule has 0 amide bonds. The Labute approximate surface area is 104 Å². The molecule has 0 aromatic heterocycles. The first-order valence-corrected chi connectivity index (χ1v) is 6.54. The fourth-order valence-corrected chi connectivity index (χ4v) is 2.66. The lowest BCUT2D eigenvalue weighted by atomic mass is 9.91. The standard InChI is InChI=1S/C13H25NO3/c1-12(17-10-9-16-8-7-15)11-13(14-2)5-3-4-6-13/h7,12,14H,3-6,8-11H2,1-2H3. The van der Waals surface area contributed by atoms with Gasteiger partial charge < -0.3 is 19.6 Å². The second-order valence-electron chi connectivity index (χ2n) is 4.86. The quantitative estimate of drug-likeness (QED) is 0.493. The summed E-state index contributed by atoms with van der Waals surface area (Å²) in [5.41, 5.74) is 0.281. The van der Waals surface area contributed by atoms with Crippen molar-refractivity contribution >= 4 is 6.29 Å². The van der Waals surface area contributed by atoms with Crippen molar-refractivity contribution in [2.24, 2.45) is 0 Å². The largest absolute Gasteiger partial charge is 0.376 e. The smallest absolute Gasteiger partial charge is 0.145 e. The lowest BCUT2D eigenvalue weighted by Gasteiger charge is -2.31. The van der Waals surface area contributed by atoms with E-state index in [0.29, 0.717) is 13.2 Å². The zero-order valence-corrected chi connectivity index (χ0v) is 11.0. The van der Waals surface area contributed by atoms with Crippen LogP contribution in [-0.4, -0.2) is 44.8 Å². The topological polar surface area (TPSA) is 47.6 Å². The summed E-state index contributed by atoms with van der Waals surface area (Å²) in [7, 11) is 2.05. The van der Waals surface area contributed by atoms with Crippen molar-refractivity contribution in [3.63, 3.8) is 0 Å². The van der Waals surface area contributed by atoms with Crippen LogP contribution in [0.25, 0.3) is 0 Å². The summed E-state index contributed by atoms with van der Waals surface area (Å²) in [6.45, 7) is 3.33. The first kappa shape index (κ1) is 14.6. The number of nitrogens with one attached hydrogen (secondary N) is 1. The molecule has 0 aliphatic heterocycles. The maximum absolute atomic E-state index is 10.0. The normalized spacial score (nSPS) is 20.4. The van der Waals surface area contributed by atoms with Gasteiger partial charge in [0.15, 0.2) is 0 Å². The molecule has 1 fully saturated rings. The van der Waals surface area contributed by atoms with E-state index in [1.54, 1.807) is 0 Å². The summed E-state index contributed by atoms with van der Waals surface area (Å²) < 4.78 is 10.7. The Hall–Kier alpha value is -0.450. The van der Waals surface area contributed by atoms with Crippen LogP contribution in [0.15, 0.2) is 0 Å². The van der Waals surface area contributed by atoms with E-state index in [0.717, 1.165) is 12.7 Å². The molecule has 1 aliphatic carbocycles. The summed E-state index contributed by atoms with van der Waals surface area (Å²) in [4.78, 5) is 10.0. The summed E-state index contributed by atoms with van der Waals surface area (Å²) in [5, 5.41) is 3.46. The molecule has 1 atom stereocenters. The Morgan fingerprint density at radius 1 is 1.35 bits per heavy atom. The van der Waals surface area contributed by atoms with Crippen LogP contribution < -0.4 is 5.32 Å². The minimum absolute atomic E-state index is 0.165. The number of rotatable bonds is 9. The summed E-state index contributed by atoms with van der Waals surface area (Å²) in [6.07, 6.45) is 7.18. The maximum atomic E-state index is 10.0. The Balaban J connectivity index is 2.14. The average molecular weight is 243 g/mol. The molecule has 4 nitrogen and oxygen atoms in total. The molecule has 1 saturated carbocycles. The SMILES string of the molecule is CNC1(CC(C)OCCOCC=O)CCCC1. The number of hydrogen-bond donors (Lipinski definition) is 1. The second-order valence-corrected chi connectivity index (χ2v) is 4.86. The first-order chi connectivity index (χ1) is 8.22. The molecule has 1 unspecified atom stereocenters. The third kappa shape index (κ3) is 5.15. The van der Waals surface area contributed by atoms with Gasteiger partial charge in [-0.05, 0) is 33.2 Å². The third-order valence-corrected chi connectivity index (χ3v) is 3.59. The zero-order chi connectivity index (χ0) is 12.6. The van der Waals surface area contributed by atoms with Crippen molar-refractivity contribution in [2.75, 3.05) is 26.9 Å². The van der Waals surface area contributed by atoms with Crippen LogP contribution in [0.2, 0.25) is 0 Å². The van der Waals surface area contributed by atoms with E-state index in [2.05, 4.69) is 12.2 Å². The highest BCUT2D eigenvalue weighted by atomic mass is 16.5. The second kappa shape index (κ2) is 7.80. The van der Waals surface area contributed by atoms with Crippen molar-refractivity contribution in [3.05, 3.63) is 0 Å². The number of carbonyl (C=O) groups is 1. The monoisotopic (exact) mass is 243 g/mol. The molecule has 0 saturated heterocycles. The van der Waals surface area contributed by atoms with Crippen molar-refractivity contribution < 1.29 is 14.3 Å². The van der Waals surface area contributed by atoms with Crippen molar-refractivity contribution in [2.45, 2.75) is 50.7 Å². The highest BCUT2D eigenvalue weighted by Gasteiger charge is 2.33. The van der Waals surface area contributed by atoms with Crippen molar-refractivity contribution in [1.82, 2.24) is 5.32 Å². The predicted molar refractivity (Wildman–Crippen MR) is 67.2 cm³/mol. The van der Waals surface area contributed by atoms with Gasteiger partial charge in [-0.25, -0.2) is 0 Å². The number of hydrogen-bond acceptors (Lipinski definition) is 4. The van der Waals surface area contributed by atoms with Gasteiger partial charge in [0, 0.05) is 5.54 Å². The minimum Gasteiger partial charge on any atom is -0.376 e. The minimum atomic E-state index is 0.165. The average Bonchev–Trinajstić information content (AvgIpc) is 2.78. The molecule has 17 heavy (non-hydrogen) atoms. The highest BCUT2D eigenvalue weighted by molar-refractivity contribution is 5.50. The van der Waals surface area contributed by atoms with Crippen LogP contribution >= 0.6 is 0 Å². The zero-order valence-electron chi connectivity index (χ0n) is 11.0. The van der Waals surface area contributed by atoms with E-state index in [4.69, 9.17) is 9.47 Å². The molecule has 1 rings (SSSR count). The van der Waals surface area contributed by atoms with Gasteiger partial charge in [0.2, 0.25) is 0 Å². The van der Waals surface area contributed by atoms with E-state index in [-0.39, 0.29) is 18.2 Å². The number of carbonyl (C=O) groups excluding carboxylic acids is 1. The maximum Gasteiger partial charge on any atom is 0.145 e. The fraction of sp³-hybridized carbons (Fsp3) is 0.923. The molecule has 0 radical (unpaired) electrons. The lowest BCUT2D eigenvalue weighted by molar-refractivity contribution is -0.112. The van der Waals surface area contributed by atoms with Crippen LogP contribution in [-0.2, 0) is 14.3 Å². The van der Waals surface area contributed by atoms with E-state index >= 15 is 0 Å². The lowest BCUT2D eigenvalue weighted by Crippen LogP contribution is -2.43. The molecule has 4 heteroatoms. The van der Waals surface area contributed by atoms with Crippen LogP contribution in [0.4, 0.5) is 0 Å².